The van der Waals surface area contributed by atoms with Crippen LogP contribution in [0.4, 0.5) is 0 Å². The van der Waals surface area contributed by atoms with Gasteiger partial charge in [0.05, 0.1) is 29.1 Å². The SMILES string of the molecule is CCOC[C@@]1(O)CC[C@H]2[C@H](CC[C@@H]3[C@@H]2CC[C@@]2(C)[C@H]3CCC2(O)C(=[N+]=N)C(=O)OCC)C1. The molecule has 0 amide bonds. The minimum atomic E-state index is -1.39. The number of nitrogens with zero attached hydrogens (tertiary/aromatic N) is 1. The molecule has 7 nitrogen and oxygen atoms in total. The maximum Gasteiger partial charge on any atom is 0.456 e. The van der Waals surface area contributed by atoms with E-state index in [0.717, 1.165) is 51.4 Å². The van der Waals surface area contributed by atoms with Crippen molar-refractivity contribution in [2.75, 3.05) is 19.8 Å². The van der Waals surface area contributed by atoms with Crippen LogP contribution in [0.25, 0.3) is 0 Å². The summed E-state index contributed by atoms with van der Waals surface area (Å²) in [5.74, 6) is 1.98. The van der Waals surface area contributed by atoms with Crippen molar-refractivity contribution in [3.63, 3.8) is 0 Å². The largest absolute Gasteiger partial charge is 0.457 e. The molecular weight excluding hydrogens is 408 g/mol. The van der Waals surface area contributed by atoms with Gasteiger partial charge in [-0.25, -0.2) is 4.79 Å². The minimum Gasteiger partial charge on any atom is -0.457 e. The van der Waals surface area contributed by atoms with Crippen LogP contribution in [0.15, 0.2) is 0 Å². The van der Waals surface area contributed by atoms with Crippen molar-refractivity contribution in [1.29, 1.82) is 5.53 Å². The predicted molar refractivity (Wildman–Crippen MR) is 118 cm³/mol. The van der Waals surface area contributed by atoms with E-state index < -0.39 is 22.6 Å². The predicted octanol–water partition coefficient (Wildman–Crippen LogP) is 3.38. The number of nitrogens with one attached hydrogen (secondary N) is 1. The smallest absolute Gasteiger partial charge is 0.456 e. The lowest BCUT2D eigenvalue weighted by atomic mass is 9.48. The van der Waals surface area contributed by atoms with Gasteiger partial charge in [0, 0.05) is 12.0 Å². The molecule has 0 aromatic heterocycles. The summed E-state index contributed by atoms with van der Waals surface area (Å²) < 4.78 is 10.7. The molecule has 32 heavy (non-hydrogen) atoms. The monoisotopic (exact) mass is 449 g/mol. The van der Waals surface area contributed by atoms with Crippen molar-refractivity contribution in [3.05, 3.63) is 0 Å². The first-order valence-corrected chi connectivity index (χ1v) is 12.7. The highest BCUT2D eigenvalue weighted by atomic mass is 16.5. The Morgan fingerprint density at radius 2 is 1.75 bits per heavy atom. The van der Waals surface area contributed by atoms with Crippen molar-refractivity contribution < 1.29 is 29.3 Å². The molecule has 8 atom stereocenters. The zero-order valence-corrected chi connectivity index (χ0v) is 19.9. The van der Waals surface area contributed by atoms with Gasteiger partial charge in [-0.2, -0.15) is 0 Å². The van der Waals surface area contributed by atoms with E-state index in [1.807, 2.05) is 6.92 Å². The Bertz CT molecular complexity index is 782. The molecule has 0 aliphatic heterocycles. The van der Waals surface area contributed by atoms with Crippen LogP contribution in [0.2, 0.25) is 0 Å². The Morgan fingerprint density at radius 1 is 1.00 bits per heavy atom. The third-order valence-corrected chi connectivity index (χ3v) is 9.80. The van der Waals surface area contributed by atoms with E-state index in [9.17, 15) is 15.0 Å². The number of hydrogen-bond acceptors (Lipinski definition) is 6. The van der Waals surface area contributed by atoms with Crippen LogP contribution >= 0.6 is 0 Å². The molecule has 4 aliphatic carbocycles. The van der Waals surface area contributed by atoms with Gasteiger partial charge in [-0.3, -0.25) is 0 Å². The molecule has 0 saturated heterocycles. The van der Waals surface area contributed by atoms with Gasteiger partial charge in [-0.05, 0) is 101 Å². The Hall–Kier alpha value is -1.27. The molecule has 0 bridgehead atoms. The molecule has 180 valence electrons. The van der Waals surface area contributed by atoms with Gasteiger partial charge in [0.25, 0.3) is 0 Å². The van der Waals surface area contributed by atoms with E-state index >= 15 is 0 Å². The third kappa shape index (κ3) is 3.66. The van der Waals surface area contributed by atoms with Gasteiger partial charge in [-0.1, -0.05) is 6.92 Å². The molecule has 0 aromatic rings. The average Bonchev–Trinajstić information content (AvgIpc) is 3.04. The lowest BCUT2D eigenvalue weighted by Crippen LogP contribution is -2.59. The van der Waals surface area contributed by atoms with Crippen LogP contribution in [0.3, 0.4) is 0 Å². The van der Waals surface area contributed by atoms with Crippen molar-refractivity contribution in [1.82, 2.24) is 0 Å². The van der Waals surface area contributed by atoms with Crippen LogP contribution in [0.1, 0.15) is 78.6 Å². The highest BCUT2D eigenvalue weighted by molar-refractivity contribution is 6.37. The first-order valence-electron chi connectivity index (χ1n) is 12.7. The summed E-state index contributed by atoms with van der Waals surface area (Å²) in [6.45, 7) is 7.10. The molecular formula is C25H41N2O5+. The number of carbonyl (C=O) groups is 1. The Kier molecular flexibility index (Phi) is 6.58. The summed E-state index contributed by atoms with van der Waals surface area (Å²) in [7, 11) is 0. The average molecular weight is 450 g/mol. The number of aliphatic hydroxyl groups is 2. The van der Waals surface area contributed by atoms with E-state index in [1.165, 1.54) is 0 Å². The summed E-state index contributed by atoms with van der Waals surface area (Å²) >= 11 is 0. The maximum atomic E-state index is 12.5. The Labute approximate surface area is 191 Å². The zero-order valence-electron chi connectivity index (χ0n) is 19.9. The molecule has 7 heteroatoms. The van der Waals surface area contributed by atoms with E-state index in [0.29, 0.717) is 49.2 Å². The first-order chi connectivity index (χ1) is 15.2. The number of hydrogen-bond donors (Lipinski definition) is 3. The molecule has 0 spiro atoms. The first kappa shape index (κ1) is 23.9. The number of ether oxygens (including phenoxy) is 2. The molecule has 4 aliphatic rings. The van der Waals surface area contributed by atoms with Crippen molar-refractivity contribution in [2.24, 2.45) is 35.0 Å². The Balaban J connectivity index is 1.52. The van der Waals surface area contributed by atoms with E-state index in [2.05, 4.69) is 11.7 Å². The molecule has 0 aromatic carbocycles. The Morgan fingerprint density at radius 3 is 2.44 bits per heavy atom. The molecule has 3 N–H and O–H groups in total. The second kappa shape index (κ2) is 8.83. The lowest BCUT2D eigenvalue weighted by Gasteiger charge is -2.57. The number of carbonyl (C=O) groups excluding carboxylic acids is 1. The molecule has 0 heterocycles. The topological polar surface area (TPSA) is 114 Å². The van der Waals surface area contributed by atoms with Crippen molar-refractivity contribution in [2.45, 2.75) is 89.8 Å². The fourth-order valence-corrected chi connectivity index (χ4v) is 8.30. The van der Waals surface area contributed by atoms with Crippen molar-refractivity contribution in [3.8, 4) is 0 Å². The second-order valence-electron chi connectivity index (χ2n) is 11.1. The maximum absolute atomic E-state index is 12.5. The fraction of sp³-hybridized carbons (Fsp3) is 0.920. The van der Waals surface area contributed by atoms with Crippen LogP contribution in [-0.4, -0.2) is 57.7 Å². The number of fused-ring (bicyclic) bond motifs is 5. The van der Waals surface area contributed by atoms with Gasteiger partial charge in [-0.15, -0.1) is 0 Å². The molecule has 4 saturated carbocycles. The summed E-state index contributed by atoms with van der Waals surface area (Å²) in [5.41, 5.74) is 4.99. The van der Waals surface area contributed by atoms with E-state index in [1.54, 1.807) is 6.92 Å². The fourth-order valence-electron chi connectivity index (χ4n) is 8.30. The highest BCUT2D eigenvalue weighted by Gasteiger charge is 2.69. The van der Waals surface area contributed by atoms with E-state index in [-0.39, 0.29) is 12.3 Å². The van der Waals surface area contributed by atoms with Crippen LogP contribution in [0, 0.1) is 40.5 Å². The molecule has 4 rings (SSSR count). The summed E-state index contributed by atoms with van der Waals surface area (Å²) in [4.78, 5) is 16.0. The van der Waals surface area contributed by atoms with Gasteiger partial charge >= 0.3 is 11.7 Å². The minimum absolute atomic E-state index is 0.116. The quantitative estimate of drug-likeness (QED) is 0.249. The second-order valence-corrected chi connectivity index (χ2v) is 11.1. The summed E-state index contributed by atoms with van der Waals surface area (Å²) in [6.07, 6.45) is 8.11. The lowest BCUT2D eigenvalue weighted by molar-refractivity contribution is -0.177. The highest BCUT2D eigenvalue weighted by Crippen LogP contribution is 2.65. The zero-order chi connectivity index (χ0) is 23.1. The van der Waals surface area contributed by atoms with Gasteiger partial charge < -0.3 is 19.7 Å². The summed E-state index contributed by atoms with van der Waals surface area (Å²) in [6, 6.07) is 0. The van der Waals surface area contributed by atoms with Crippen LogP contribution in [-0.2, 0) is 14.3 Å². The van der Waals surface area contributed by atoms with Gasteiger partial charge in [0.1, 0.15) is 0 Å². The third-order valence-electron chi connectivity index (χ3n) is 9.80. The normalized spacial score (nSPS) is 45.2. The standard InChI is InChI=1S/C25H41N2O5/c1-4-31-15-24(29)12-9-17-16(14-24)6-7-19-18(17)8-11-23(3)20(19)10-13-25(23,30)21(27-26)22(28)32-5-2/h16-20,26,29-30H,4-15H2,1-3H3/q+1/t16-,17+,18-,19-,20+,23+,24-,25?/m1/s1. The number of esters is 1. The van der Waals surface area contributed by atoms with Gasteiger partial charge in [0.15, 0.2) is 5.60 Å². The van der Waals surface area contributed by atoms with Gasteiger partial charge in [0.2, 0.25) is 0 Å². The molecule has 0 radical (unpaired) electrons. The molecule has 1 unspecified atom stereocenters. The summed E-state index contributed by atoms with van der Waals surface area (Å²) in [5, 5.41) is 22.8. The number of rotatable bonds is 6. The van der Waals surface area contributed by atoms with Crippen LogP contribution < -0.4 is 0 Å². The van der Waals surface area contributed by atoms with Crippen molar-refractivity contribution >= 4 is 11.7 Å². The van der Waals surface area contributed by atoms with Crippen LogP contribution in [0.5, 0.6) is 0 Å². The van der Waals surface area contributed by atoms with E-state index in [4.69, 9.17) is 15.0 Å². The molecule has 4 fully saturated rings.